The van der Waals surface area contributed by atoms with Crippen molar-refractivity contribution >= 4 is 10.0 Å². The van der Waals surface area contributed by atoms with Gasteiger partial charge < -0.3 is 5.11 Å². The fourth-order valence-corrected chi connectivity index (χ4v) is 3.04. The van der Waals surface area contributed by atoms with Crippen molar-refractivity contribution in [3.8, 4) is 0 Å². The fraction of sp³-hybridized carbons (Fsp3) is 0.467. The summed E-state index contributed by atoms with van der Waals surface area (Å²) in [6.07, 6.45) is 6.32. The van der Waals surface area contributed by atoms with Gasteiger partial charge >= 0.3 is 0 Å². The van der Waals surface area contributed by atoms with Gasteiger partial charge in [0.2, 0.25) is 10.0 Å². The highest BCUT2D eigenvalue weighted by Gasteiger charge is 2.18. The maximum Gasteiger partial charge on any atom is 0.240 e. The number of sulfonamides is 1. The summed E-state index contributed by atoms with van der Waals surface area (Å²) in [5, 5.41) is 9.29. The van der Waals surface area contributed by atoms with Crippen LogP contribution in [0.4, 0.5) is 0 Å². The molecule has 0 aliphatic carbocycles. The van der Waals surface area contributed by atoms with E-state index in [1.807, 2.05) is 26.0 Å². The number of benzene rings is 1. The fourth-order valence-electron chi connectivity index (χ4n) is 1.77. The number of aliphatic hydroxyl groups is 1. The van der Waals surface area contributed by atoms with Crippen molar-refractivity contribution in [1.29, 1.82) is 0 Å². The van der Waals surface area contributed by atoms with Crippen molar-refractivity contribution in [2.45, 2.75) is 44.0 Å². The lowest BCUT2D eigenvalue weighted by atomic mass is 10.2. The molecule has 1 rings (SSSR count). The van der Waals surface area contributed by atoms with E-state index >= 15 is 0 Å². The van der Waals surface area contributed by atoms with Crippen molar-refractivity contribution in [2.75, 3.05) is 6.61 Å². The molecular formula is C15H23NO3S. The first-order valence-electron chi connectivity index (χ1n) is 6.84. The Balaban J connectivity index is 2.67. The van der Waals surface area contributed by atoms with Crippen molar-refractivity contribution in [2.24, 2.45) is 0 Å². The molecule has 1 aromatic carbocycles. The van der Waals surface area contributed by atoms with Crippen molar-refractivity contribution < 1.29 is 13.5 Å². The first kappa shape index (κ1) is 16.9. The Morgan fingerprint density at radius 3 is 2.45 bits per heavy atom. The van der Waals surface area contributed by atoms with Crippen LogP contribution >= 0.6 is 0 Å². The zero-order valence-corrected chi connectivity index (χ0v) is 12.9. The van der Waals surface area contributed by atoms with Crippen LogP contribution < -0.4 is 4.72 Å². The minimum Gasteiger partial charge on any atom is -0.395 e. The number of rotatable bonds is 8. The van der Waals surface area contributed by atoms with E-state index in [0.29, 0.717) is 6.42 Å². The average Bonchev–Trinajstić information content (AvgIpc) is 2.42. The largest absolute Gasteiger partial charge is 0.395 e. The van der Waals surface area contributed by atoms with Gasteiger partial charge in [0, 0.05) is 6.04 Å². The summed E-state index contributed by atoms with van der Waals surface area (Å²) in [5.41, 5.74) is 1.01. The SMILES string of the molecule is CC/C=C\CC[C@@H](CO)NS(=O)(=O)c1ccc(C)cc1. The van der Waals surface area contributed by atoms with Crippen molar-refractivity contribution in [3.05, 3.63) is 42.0 Å². The van der Waals surface area contributed by atoms with Gasteiger partial charge in [-0.25, -0.2) is 13.1 Å². The average molecular weight is 297 g/mol. The molecule has 0 fully saturated rings. The maximum absolute atomic E-state index is 12.2. The molecule has 0 amide bonds. The van der Waals surface area contributed by atoms with Crippen LogP contribution in [0.25, 0.3) is 0 Å². The second-order valence-electron chi connectivity index (χ2n) is 4.77. The molecular weight excluding hydrogens is 274 g/mol. The number of allylic oxidation sites excluding steroid dienone is 2. The van der Waals surface area contributed by atoms with E-state index in [1.165, 1.54) is 0 Å². The second-order valence-corrected chi connectivity index (χ2v) is 6.48. The highest BCUT2D eigenvalue weighted by Crippen LogP contribution is 2.11. The molecule has 0 saturated carbocycles. The lowest BCUT2D eigenvalue weighted by Crippen LogP contribution is -2.37. The summed E-state index contributed by atoms with van der Waals surface area (Å²) < 4.78 is 26.9. The van der Waals surface area contributed by atoms with Gasteiger partial charge in [-0.15, -0.1) is 0 Å². The lowest BCUT2D eigenvalue weighted by molar-refractivity contribution is 0.251. The summed E-state index contributed by atoms with van der Waals surface area (Å²) in [6, 6.07) is 6.20. The zero-order chi connectivity index (χ0) is 15.0. The smallest absolute Gasteiger partial charge is 0.240 e. The molecule has 4 nitrogen and oxygen atoms in total. The summed E-state index contributed by atoms with van der Waals surface area (Å²) in [7, 11) is -3.57. The third kappa shape index (κ3) is 5.45. The minimum absolute atomic E-state index is 0.203. The van der Waals surface area contributed by atoms with Crippen LogP contribution in [0.15, 0.2) is 41.3 Å². The Morgan fingerprint density at radius 2 is 1.90 bits per heavy atom. The number of aryl methyl sites for hydroxylation is 1. The van der Waals surface area contributed by atoms with Gasteiger partial charge in [-0.2, -0.15) is 0 Å². The Kier molecular flexibility index (Phi) is 6.91. The monoisotopic (exact) mass is 297 g/mol. The molecule has 0 aromatic heterocycles. The van der Waals surface area contributed by atoms with E-state index < -0.39 is 16.1 Å². The van der Waals surface area contributed by atoms with Gasteiger partial charge in [0.1, 0.15) is 0 Å². The van der Waals surface area contributed by atoms with Gasteiger partial charge in [0.15, 0.2) is 0 Å². The quantitative estimate of drug-likeness (QED) is 0.724. The summed E-state index contributed by atoms with van der Waals surface area (Å²) in [6.45, 7) is 3.74. The molecule has 5 heteroatoms. The van der Waals surface area contributed by atoms with Crippen LogP contribution in [-0.2, 0) is 10.0 Å². The molecule has 112 valence electrons. The highest BCUT2D eigenvalue weighted by molar-refractivity contribution is 7.89. The van der Waals surface area contributed by atoms with E-state index in [1.54, 1.807) is 24.3 Å². The predicted molar refractivity (Wildman–Crippen MR) is 81.0 cm³/mol. The van der Waals surface area contributed by atoms with Crippen molar-refractivity contribution in [3.63, 3.8) is 0 Å². The van der Waals surface area contributed by atoms with Crippen LogP contribution in [0.5, 0.6) is 0 Å². The summed E-state index contributed by atoms with van der Waals surface area (Å²) >= 11 is 0. The number of aliphatic hydroxyl groups excluding tert-OH is 1. The molecule has 2 N–H and O–H groups in total. The molecule has 0 heterocycles. The number of nitrogens with one attached hydrogen (secondary N) is 1. The second kappa shape index (κ2) is 8.19. The van der Waals surface area contributed by atoms with Gasteiger partial charge in [0.25, 0.3) is 0 Å². The third-order valence-electron chi connectivity index (χ3n) is 2.96. The summed E-state index contributed by atoms with van der Waals surface area (Å²) in [4.78, 5) is 0.227. The molecule has 0 saturated heterocycles. The molecule has 1 atom stereocenters. The summed E-state index contributed by atoms with van der Waals surface area (Å²) in [5.74, 6) is 0. The Morgan fingerprint density at radius 1 is 1.25 bits per heavy atom. The number of hydrogen-bond donors (Lipinski definition) is 2. The van der Waals surface area contributed by atoms with Crippen LogP contribution in [-0.4, -0.2) is 26.2 Å². The van der Waals surface area contributed by atoms with E-state index in [2.05, 4.69) is 4.72 Å². The first-order valence-corrected chi connectivity index (χ1v) is 8.32. The molecule has 0 aliphatic rings. The van der Waals surface area contributed by atoms with Crippen LogP contribution in [0.1, 0.15) is 31.7 Å². The Hall–Kier alpha value is -1.17. The van der Waals surface area contributed by atoms with Crippen LogP contribution in [0.2, 0.25) is 0 Å². The van der Waals surface area contributed by atoms with Gasteiger partial charge in [-0.1, -0.05) is 36.8 Å². The van der Waals surface area contributed by atoms with Gasteiger partial charge in [-0.3, -0.25) is 0 Å². The molecule has 1 aromatic rings. The first-order chi connectivity index (χ1) is 9.49. The van der Waals surface area contributed by atoms with Crippen LogP contribution in [0, 0.1) is 6.92 Å². The molecule has 0 unspecified atom stereocenters. The van der Waals surface area contributed by atoms with E-state index in [9.17, 15) is 13.5 Å². The van der Waals surface area contributed by atoms with E-state index in [4.69, 9.17) is 0 Å². The van der Waals surface area contributed by atoms with Gasteiger partial charge in [-0.05, 0) is 38.3 Å². The number of hydrogen-bond acceptors (Lipinski definition) is 3. The van der Waals surface area contributed by atoms with Gasteiger partial charge in [0.05, 0.1) is 11.5 Å². The normalized spacial score (nSPS) is 13.8. The third-order valence-corrected chi connectivity index (χ3v) is 4.49. The standard InChI is InChI=1S/C15H23NO3S/c1-3-4-5-6-7-14(12-17)16-20(18,19)15-10-8-13(2)9-11-15/h4-5,8-11,14,16-17H,3,6-7,12H2,1-2H3/b5-4-/t14-/m0/s1. The highest BCUT2D eigenvalue weighted by atomic mass is 32.2. The zero-order valence-electron chi connectivity index (χ0n) is 12.0. The molecule has 20 heavy (non-hydrogen) atoms. The van der Waals surface area contributed by atoms with E-state index in [-0.39, 0.29) is 11.5 Å². The topological polar surface area (TPSA) is 66.4 Å². The predicted octanol–water partition coefficient (Wildman–Crippen LogP) is 2.38. The minimum atomic E-state index is -3.57. The molecule has 0 bridgehead atoms. The maximum atomic E-state index is 12.2. The molecule has 0 spiro atoms. The van der Waals surface area contributed by atoms with Crippen molar-refractivity contribution in [1.82, 2.24) is 4.72 Å². The molecule has 0 radical (unpaired) electrons. The molecule has 0 aliphatic heterocycles. The van der Waals surface area contributed by atoms with E-state index in [0.717, 1.165) is 18.4 Å². The van der Waals surface area contributed by atoms with Crippen LogP contribution in [0.3, 0.4) is 0 Å². The Bertz CT molecular complexity index is 521. The Labute approximate surface area is 121 Å². The lowest BCUT2D eigenvalue weighted by Gasteiger charge is -2.15.